The smallest absolute Gasteiger partial charge is 0.124 e. The van der Waals surface area contributed by atoms with Crippen LogP contribution in [0.4, 0.5) is 0 Å². The Morgan fingerprint density at radius 3 is 3.08 bits per heavy atom. The molecule has 0 spiro atoms. The first-order chi connectivity index (χ1) is 6.25. The molecule has 70 valence electrons. The summed E-state index contributed by atoms with van der Waals surface area (Å²) in [5.41, 5.74) is 2.56. The molecule has 2 heteroatoms. The topological polar surface area (TPSA) is 12.5 Å². The lowest BCUT2D eigenvalue weighted by Gasteiger charge is -2.11. The molecule has 0 fully saturated rings. The summed E-state index contributed by atoms with van der Waals surface area (Å²) in [4.78, 5) is 2.28. The van der Waals surface area contributed by atoms with E-state index in [1.165, 1.54) is 11.1 Å². The molecule has 2 nitrogen and oxygen atoms in total. The summed E-state index contributed by atoms with van der Waals surface area (Å²) in [5, 5.41) is 0. The molecule has 0 atom stereocenters. The third-order valence-corrected chi connectivity index (χ3v) is 2.39. The molecule has 0 radical (unpaired) electrons. The molecule has 0 saturated carbocycles. The van der Waals surface area contributed by atoms with Gasteiger partial charge >= 0.3 is 0 Å². The van der Waals surface area contributed by atoms with Crippen LogP contribution in [0.3, 0.4) is 0 Å². The second-order valence-corrected chi connectivity index (χ2v) is 3.70. The van der Waals surface area contributed by atoms with Crippen LogP contribution in [0.5, 0.6) is 5.75 Å². The zero-order valence-corrected chi connectivity index (χ0v) is 8.21. The number of aryl methyl sites for hydroxylation is 1. The van der Waals surface area contributed by atoms with Crippen molar-refractivity contribution in [3.8, 4) is 5.75 Å². The van der Waals surface area contributed by atoms with Crippen LogP contribution < -0.4 is 4.74 Å². The van der Waals surface area contributed by atoms with Crippen LogP contribution in [-0.2, 0) is 6.54 Å². The summed E-state index contributed by atoms with van der Waals surface area (Å²) in [5.74, 6) is 1.06. The predicted molar refractivity (Wildman–Crippen MR) is 53.0 cm³/mol. The second-order valence-electron chi connectivity index (χ2n) is 3.70. The number of benzene rings is 1. The van der Waals surface area contributed by atoms with Crippen molar-refractivity contribution in [3.63, 3.8) is 0 Å². The third kappa shape index (κ3) is 1.83. The molecule has 0 aliphatic carbocycles. The van der Waals surface area contributed by atoms with Crippen LogP contribution in [-0.4, -0.2) is 25.1 Å². The van der Waals surface area contributed by atoms with E-state index in [4.69, 9.17) is 4.74 Å². The molecule has 1 aromatic carbocycles. The molecule has 1 aromatic rings. The minimum absolute atomic E-state index is 0.799. The van der Waals surface area contributed by atoms with Crippen LogP contribution in [0.1, 0.15) is 11.1 Å². The Bertz CT molecular complexity index is 309. The van der Waals surface area contributed by atoms with E-state index in [1.807, 2.05) is 0 Å². The van der Waals surface area contributed by atoms with E-state index in [0.29, 0.717) is 0 Å². The lowest BCUT2D eigenvalue weighted by atomic mass is 10.1. The first kappa shape index (κ1) is 8.57. The fraction of sp³-hybridized carbons (Fsp3) is 0.455. The standard InChI is InChI=1S/C11H15NO/c1-9-3-4-10-8-12(2)5-6-13-11(10)7-9/h3-4,7H,5-6,8H2,1-2H3. The zero-order chi connectivity index (χ0) is 9.26. The third-order valence-electron chi connectivity index (χ3n) is 2.39. The SMILES string of the molecule is Cc1ccc2c(c1)OCCN(C)C2. The average molecular weight is 177 g/mol. The van der Waals surface area contributed by atoms with Gasteiger partial charge in [0.05, 0.1) is 0 Å². The van der Waals surface area contributed by atoms with Crippen molar-refractivity contribution >= 4 is 0 Å². The molecule has 1 aliphatic rings. The van der Waals surface area contributed by atoms with Crippen molar-refractivity contribution in [3.05, 3.63) is 29.3 Å². The maximum atomic E-state index is 5.66. The molecule has 0 saturated heterocycles. The fourth-order valence-electron chi connectivity index (χ4n) is 1.61. The zero-order valence-electron chi connectivity index (χ0n) is 8.21. The summed E-state index contributed by atoms with van der Waals surface area (Å²) in [6, 6.07) is 6.42. The summed E-state index contributed by atoms with van der Waals surface area (Å²) in [7, 11) is 2.12. The van der Waals surface area contributed by atoms with Crippen molar-refractivity contribution < 1.29 is 4.74 Å². The summed E-state index contributed by atoms with van der Waals surface area (Å²) in [6.07, 6.45) is 0. The van der Waals surface area contributed by atoms with Gasteiger partial charge in [-0.25, -0.2) is 0 Å². The van der Waals surface area contributed by atoms with Crippen molar-refractivity contribution in [2.45, 2.75) is 13.5 Å². The van der Waals surface area contributed by atoms with Gasteiger partial charge in [-0.05, 0) is 25.6 Å². The number of rotatable bonds is 0. The number of hydrogen-bond acceptors (Lipinski definition) is 2. The number of likely N-dealkylation sites (N-methyl/N-ethyl adjacent to an activating group) is 1. The van der Waals surface area contributed by atoms with E-state index in [1.54, 1.807) is 0 Å². The van der Waals surface area contributed by atoms with Gasteiger partial charge in [-0.2, -0.15) is 0 Å². The van der Waals surface area contributed by atoms with Gasteiger partial charge < -0.3 is 4.74 Å². The van der Waals surface area contributed by atoms with E-state index in [2.05, 4.69) is 37.1 Å². The Kier molecular flexibility index (Phi) is 2.23. The van der Waals surface area contributed by atoms with Gasteiger partial charge in [0, 0.05) is 18.7 Å². The molecule has 0 bridgehead atoms. The molecule has 0 amide bonds. The first-order valence-corrected chi connectivity index (χ1v) is 4.66. The Balaban J connectivity index is 2.34. The van der Waals surface area contributed by atoms with E-state index in [0.717, 1.165) is 25.4 Å². The molecule has 0 N–H and O–H groups in total. The highest BCUT2D eigenvalue weighted by molar-refractivity contribution is 5.37. The first-order valence-electron chi connectivity index (χ1n) is 4.66. The van der Waals surface area contributed by atoms with Crippen molar-refractivity contribution in [2.75, 3.05) is 20.2 Å². The number of nitrogens with zero attached hydrogens (tertiary/aromatic N) is 1. The number of ether oxygens (including phenoxy) is 1. The van der Waals surface area contributed by atoms with Crippen molar-refractivity contribution in [1.29, 1.82) is 0 Å². The average Bonchev–Trinajstić information content (AvgIpc) is 2.25. The Morgan fingerprint density at radius 1 is 1.38 bits per heavy atom. The highest BCUT2D eigenvalue weighted by Gasteiger charge is 2.11. The molecular weight excluding hydrogens is 162 g/mol. The van der Waals surface area contributed by atoms with Gasteiger partial charge in [0.1, 0.15) is 12.4 Å². The predicted octanol–water partition coefficient (Wildman–Crippen LogP) is 1.82. The minimum Gasteiger partial charge on any atom is -0.492 e. The Morgan fingerprint density at radius 2 is 2.23 bits per heavy atom. The van der Waals surface area contributed by atoms with Crippen LogP contribution in [0, 0.1) is 6.92 Å². The maximum absolute atomic E-state index is 5.66. The molecule has 1 heterocycles. The van der Waals surface area contributed by atoms with E-state index in [-0.39, 0.29) is 0 Å². The summed E-state index contributed by atoms with van der Waals surface area (Å²) >= 11 is 0. The monoisotopic (exact) mass is 177 g/mol. The normalized spacial score (nSPS) is 17.4. The highest BCUT2D eigenvalue weighted by Crippen LogP contribution is 2.23. The van der Waals surface area contributed by atoms with Gasteiger partial charge in [0.2, 0.25) is 0 Å². The molecule has 1 aliphatic heterocycles. The summed E-state index contributed by atoms with van der Waals surface area (Å²) in [6.45, 7) is 4.90. The molecule has 2 rings (SSSR count). The van der Waals surface area contributed by atoms with E-state index >= 15 is 0 Å². The van der Waals surface area contributed by atoms with Gasteiger partial charge in [0.25, 0.3) is 0 Å². The fourth-order valence-corrected chi connectivity index (χ4v) is 1.61. The van der Waals surface area contributed by atoms with Crippen LogP contribution >= 0.6 is 0 Å². The van der Waals surface area contributed by atoms with Crippen molar-refractivity contribution in [1.82, 2.24) is 4.90 Å². The highest BCUT2D eigenvalue weighted by atomic mass is 16.5. The van der Waals surface area contributed by atoms with Gasteiger partial charge in [-0.3, -0.25) is 4.90 Å². The van der Waals surface area contributed by atoms with Crippen LogP contribution in [0.25, 0.3) is 0 Å². The van der Waals surface area contributed by atoms with Gasteiger partial charge in [0.15, 0.2) is 0 Å². The second kappa shape index (κ2) is 3.38. The van der Waals surface area contributed by atoms with Gasteiger partial charge in [-0.15, -0.1) is 0 Å². The maximum Gasteiger partial charge on any atom is 0.124 e. The lowest BCUT2D eigenvalue weighted by Crippen LogP contribution is -2.20. The Hall–Kier alpha value is -1.02. The molecule has 0 unspecified atom stereocenters. The number of hydrogen-bond donors (Lipinski definition) is 0. The molecular formula is C11H15NO. The quantitative estimate of drug-likeness (QED) is 0.599. The van der Waals surface area contributed by atoms with Crippen molar-refractivity contribution in [2.24, 2.45) is 0 Å². The summed E-state index contributed by atoms with van der Waals surface area (Å²) < 4.78 is 5.66. The minimum atomic E-state index is 0.799. The van der Waals surface area contributed by atoms with E-state index < -0.39 is 0 Å². The molecule has 13 heavy (non-hydrogen) atoms. The molecule has 0 aromatic heterocycles. The van der Waals surface area contributed by atoms with E-state index in [9.17, 15) is 0 Å². The number of fused-ring (bicyclic) bond motifs is 1. The van der Waals surface area contributed by atoms with Gasteiger partial charge in [-0.1, -0.05) is 12.1 Å². The lowest BCUT2D eigenvalue weighted by molar-refractivity contribution is 0.259. The van der Waals surface area contributed by atoms with Crippen LogP contribution in [0.2, 0.25) is 0 Å². The largest absolute Gasteiger partial charge is 0.492 e. The van der Waals surface area contributed by atoms with Crippen LogP contribution in [0.15, 0.2) is 18.2 Å². The Labute approximate surface area is 79.1 Å².